The number of rotatable bonds is 3. The Labute approximate surface area is 108 Å². The maximum Gasteiger partial charge on any atom is 0.156 e. The van der Waals surface area contributed by atoms with Crippen molar-refractivity contribution in [2.75, 3.05) is 11.9 Å². The van der Waals surface area contributed by atoms with E-state index < -0.39 is 0 Å². The van der Waals surface area contributed by atoms with Gasteiger partial charge in [-0.1, -0.05) is 17.7 Å². The second-order valence-corrected chi connectivity index (χ2v) is 3.92. The van der Waals surface area contributed by atoms with Crippen molar-refractivity contribution in [3.63, 3.8) is 0 Å². The molecule has 92 valence electrons. The minimum Gasteiger partial charge on any atom is -0.329 e. The standard InChI is InChI=1S/C12H9ClFN3O/c1-17(9-4-2-3-8(14)5-9)12-10(6-18)11(13)15-7-16-12/h2-7H,1H3. The van der Waals surface area contributed by atoms with Gasteiger partial charge >= 0.3 is 0 Å². The smallest absolute Gasteiger partial charge is 0.156 e. The van der Waals surface area contributed by atoms with E-state index in [9.17, 15) is 9.18 Å². The number of nitrogens with zero attached hydrogens (tertiary/aromatic N) is 3. The Morgan fingerprint density at radius 2 is 2.17 bits per heavy atom. The van der Waals surface area contributed by atoms with Crippen LogP contribution in [0.25, 0.3) is 0 Å². The van der Waals surface area contributed by atoms with E-state index >= 15 is 0 Å². The first kappa shape index (κ1) is 12.4. The average Bonchev–Trinajstić information content (AvgIpc) is 2.37. The lowest BCUT2D eigenvalue weighted by molar-refractivity contribution is 0.112. The lowest BCUT2D eigenvalue weighted by Gasteiger charge is -2.19. The molecular weight excluding hydrogens is 257 g/mol. The summed E-state index contributed by atoms with van der Waals surface area (Å²) in [5.74, 6) is -0.0391. The average molecular weight is 266 g/mol. The number of hydrogen-bond acceptors (Lipinski definition) is 4. The van der Waals surface area contributed by atoms with Gasteiger partial charge in [0.05, 0.1) is 5.56 Å². The Bertz CT molecular complexity index is 591. The summed E-state index contributed by atoms with van der Waals surface area (Å²) in [5, 5.41) is 0.0678. The molecule has 0 N–H and O–H groups in total. The zero-order chi connectivity index (χ0) is 13.1. The minimum atomic E-state index is -0.368. The van der Waals surface area contributed by atoms with Gasteiger partial charge in [-0.15, -0.1) is 0 Å². The highest BCUT2D eigenvalue weighted by atomic mass is 35.5. The summed E-state index contributed by atoms with van der Waals surface area (Å²) in [6, 6.07) is 5.95. The van der Waals surface area contributed by atoms with Crippen LogP contribution in [-0.4, -0.2) is 23.3 Å². The molecule has 18 heavy (non-hydrogen) atoms. The SMILES string of the molecule is CN(c1cccc(F)c1)c1ncnc(Cl)c1C=O. The number of aromatic nitrogens is 2. The van der Waals surface area contributed by atoms with E-state index in [2.05, 4.69) is 9.97 Å². The summed E-state index contributed by atoms with van der Waals surface area (Å²) in [6.07, 6.45) is 1.83. The Hall–Kier alpha value is -2.01. The van der Waals surface area contributed by atoms with Gasteiger partial charge in [0.25, 0.3) is 0 Å². The number of aldehydes is 1. The summed E-state index contributed by atoms with van der Waals surface area (Å²) < 4.78 is 13.1. The Morgan fingerprint density at radius 1 is 1.39 bits per heavy atom. The normalized spacial score (nSPS) is 10.2. The second-order valence-electron chi connectivity index (χ2n) is 3.56. The van der Waals surface area contributed by atoms with Gasteiger partial charge in [-0.05, 0) is 18.2 Å². The molecule has 4 nitrogen and oxygen atoms in total. The molecule has 6 heteroatoms. The zero-order valence-electron chi connectivity index (χ0n) is 9.47. The molecule has 2 rings (SSSR count). The van der Waals surface area contributed by atoms with Crippen LogP contribution in [0, 0.1) is 5.82 Å². The van der Waals surface area contributed by atoms with Gasteiger partial charge in [0, 0.05) is 12.7 Å². The van der Waals surface area contributed by atoms with Crippen LogP contribution in [0.3, 0.4) is 0 Å². The predicted molar refractivity (Wildman–Crippen MR) is 66.9 cm³/mol. The number of carbonyl (C=O) groups excluding carboxylic acids is 1. The van der Waals surface area contributed by atoms with Gasteiger partial charge in [-0.3, -0.25) is 4.79 Å². The van der Waals surface area contributed by atoms with Crippen molar-refractivity contribution >= 4 is 29.4 Å². The third-order valence-electron chi connectivity index (χ3n) is 2.45. The fourth-order valence-corrected chi connectivity index (χ4v) is 1.71. The number of anilines is 2. The van der Waals surface area contributed by atoms with Gasteiger partial charge in [0.1, 0.15) is 23.1 Å². The number of halogens is 2. The van der Waals surface area contributed by atoms with Gasteiger partial charge in [-0.2, -0.15) is 0 Å². The molecule has 0 saturated carbocycles. The second kappa shape index (κ2) is 5.10. The monoisotopic (exact) mass is 265 g/mol. The van der Waals surface area contributed by atoms with Crippen LogP contribution in [-0.2, 0) is 0 Å². The Kier molecular flexibility index (Phi) is 3.53. The summed E-state index contributed by atoms with van der Waals surface area (Å²) in [4.78, 5) is 20.3. The van der Waals surface area contributed by atoms with Crippen LogP contribution >= 0.6 is 11.6 Å². The van der Waals surface area contributed by atoms with Crippen LogP contribution < -0.4 is 4.90 Å². The zero-order valence-corrected chi connectivity index (χ0v) is 10.2. The van der Waals surface area contributed by atoms with Crippen LogP contribution in [0.5, 0.6) is 0 Å². The molecule has 1 aromatic heterocycles. The molecule has 0 aliphatic carbocycles. The van der Waals surface area contributed by atoms with Gasteiger partial charge < -0.3 is 4.90 Å². The number of carbonyl (C=O) groups is 1. The van der Waals surface area contributed by atoms with E-state index in [4.69, 9.17) is 11.6 Å². The summed E-state index contributed by atoms with van der Waals surface area (Å²) in [7, 11) is 1.67. The van der Waals surface area contributed by atoms with Crippen molar-refractivity contribution in [2.24, 2.45) is 0 Å². The van der Waals surface area contributed by atoms with Crippen LogP contribution in [0.2, 0.25) is 5.15 Å². The van der Waals surface area contributed by atoms with E-state index in [-0.39, 0.29) is 16.5 Å². The first-order valence-electron chi connectivity index (χ1n) is 5.08. The molecule has 1 aromatic carbocycles. The fraction of sp³-hybridized carbons (Fsp3) is 0.0833. The van der Waals surface area contributed by atoms with E-state index in [0.717, 1.165) is 0 Å². The van der Waals surface area contributed by atoms with E-state index in [1.807, 2.05) is 0 Å². The van der Waals surface area contributed by atoms with Crippen LogP contribution in [0.15, 0.2) is 30.6 Å². The van der Waals surface area contributed by atoms with Crippen molar-refractivity contribution in [3.05, 3.63) is 47.1 Å². The lowest BCUT2D eigenvalue weighted by Crippen LogP contribution is -2.14. The number of benzene rings is 1. The molecule has 2 aromatic rings. The quantitative estimate of drug-likeness (QED) is 0.632. The number of hydrogen-bond donors (Lipinski definition) is 0. The third kappa shape index (κ3) is 2.31. The Morgan fingerprint density at radius 3 is 2.83 bits per heavy atom. The summed E-state index contributed by atoms with van der Waals surface area (Å²) in [6.45, 7) is 0. The van der Waals surface area contributed by atoms with Gasteiger partial charge in [0.2, 0.25) is 0 Å². The highest BCUT2D eigenvalue weighted by Crippen LogP contribution is 2.27. The Balaban J connectivity index is 2.49. The molecule has 0 radical (unpaired) electrons. The van der Waals surface area contributed by atoms with E-state index in [0.29, 0.717) is 17.8 Å². The molecule has 0 bridgehead atoms. The van der Waals surface area contributed by atoms with Crippen molar-refractivity contribution in [2.45, 2.75) is 0 Å². The molecule has 0 aliphatic heterocycles. The molecule has 0 aliphatic rings. The summed E-state index contributed by atoms with van der Waals surface area (Å²) in [5.41, 5.74) is 0.735. The fourth-order valence-electron chi connectivity index (χ4n) is 1.54. The van der Waals surface area contributed by atoms with Crippen molar-refractivity contribution < 1.29 is 9.18 Å². The largest absolute Gasteiger partial charge is 0.329 e. The highest BCUT2D eigenvalue weighted by Gasteiger charge is 2.14. The topological polar surface area (TPSA) is 46.1 Å². The summed E-state index contributed by atoms with van der Waals surface area (Å²) >= 11 is 5.81. The maximum atomic E-state index is 13.1. The molecule has 0 unspecified atom stereocenters. The molecule has 0 fully saturated rings. The first-order chi connectivity index (χ1) is 8.63. The predicted octanol–water partition coefficient (Wildman–Crippen LogP) is 2.85. The molecule has 0 spiro atoms. The molecule has 0 amide bonds. The minimum absolute atomic E-state index is 0.0678. The van der Waals surface area contributed by atoms with Gasteiger partial charge in [-0.25, -0.2) is 14.4 Å². The van der Waals surface area contributed by atoms with Crippen LogP contribution in [0.4, 0.5) is 15.9 Å². The van der Waals surface area contributed by atoms with Gasteiger partial charge in [0.15, 0.2) is 6.29 Å². The lowest BCUT2D eigenvalue weighted by atomic mass is 10.2. The molecule has 0 atom stereocenters. The van der Waals surface area contributed by atoms with Crippen molar-refractivity contribution in [1.29, 1.82) is 0 Å². The van der Waals surface area contributed by atoms with E-state index in [1.54, 1.807) is 24.1 Å². The third-order valence-corrected chi connectivity index (χ3v) is 2.75. The first-order valence-corrected chi connectivity index (χ1v) is 5.46. The molecule has 1 heterocycles. The van der Waals surface area contributed by atoms with E-state index in [1.165, 1.54) is 18.5 Å². The highest BCUT2D eigenvalue weighted by molar-refractivity contribution is 6.32. The van der Waals surface area contributed by atoms with Crippen molar-refractivity contribution in [3.8, 4) is 0 Å². The van der Waals surface area contributed by atoms with Crippen molar-refractivity contribution in [1.82, 2.24) is 9.97 Å². The molecule has 0 saturated heterocycles. The van der Waals surface area contributed by atoms with Crippen LogP contribution in [0.1, 0.15) is 10.4 Å². The maximum absolute atomic E-state index is 13.1. The molecular formula is C12H9ClFN3O.